The van der Waals surface area contributed by atoms with Crippen LogP contribution in [0.15, 0.2) is 54.9 Å². The van der Waals surface area contributed by atoms with Gasteiger partial charge in [0, 0.05) is 24.6 Å². The minimum atomic E-state index is -0.0623. The SMILES string of the molecule is CCOC(CC)c1ccc2nc(C(=O)c3ccccc3)cn2c1. The molecule has 4 nitrogen and oxygen atoms in total. The number of ketones is 1. The van der Waals surface area contributed by atoms with Gasteiger partial charge in [-0.2, -0.15) is 0 Å². The molecule has 0 spiro atoms. The lowest BCUT2D eigenvalue weighted by Gasteiger charge is -2.15. The molecular formula is C19H20N2O2. The third-order valence-electron chi connectivity index (χ3n) is 3.85. The lowest BCUT2D eigenvalue weighted by molar-refractivity contribution is 0.0595. The maximum Gasteiger partial charge on any atom is 0.212 e. The Morgan fingerprint density at radius 2 is 1.91 bits per heavy atom. The van der Waals surface area contributed by atoms with Gasteiger partial charge in [-0.1, -0.05) is 43.3 Å². The Morgan fingerprint density at radius 3 is 2.61 bits per heavy atom. The maximum atomic E-state index is 12.5. The molecule has 0 aliphatic carbocycles. The molecule has 3 rings (SSSR count). The van der Waals surface area contributed by atoms with Gasteiger partial charge in [0.2, 0.25) is 5.78 Å². The fourth-order valence-corrected chi connectivity index (χ4v) is 2.70. The van der Waals surface area contributed by atoms with E-state index in [-0.39, 0.29) is 11.9 Å². The van der Waals surface area contributed by atoms with Crippen LogP contribution in [-0.4, -0.2) is 21.8 Å². The van der Waals surface area contributed by atoms with Crippen molar-refractivity contribution in [2.24, 2.45) is 0 Å². The summed E-state index contributed by atoms with van der Waals surface area (Å²) in [6.45, 7) is 4.77. The van der Waals surface area contributed by atoms with Crippen LogP contribution in [0, 0.1) is 0 Å². The molecule has 1 atom stereocenters. The van der Waals surface area contributed by atoms with Gasteiger partial charge in [0.15, 0.2) is 0 Å². The van der Waals surface area contributed by atoms with Gasteiger partial charge in [0.1, 0.15) is 11.3 Å². The van der Waals surface area contributed by atoms with Gasteiger partial charge in [-0.15, -0.1) is 0 Å². The third-order valence-corrected chi connectivity index (χ3v) is 3.85. The van der Waals surface area contributed by atoms with E-state index in [2.05, 4.69) is 11.9 Å². The number of ether oxygens (including phenoxy) is 1. The summed E-state index contributed by atoms with van der Waals surface area (Å²) in [5.74, 6) is -0.0623. The van der Waals surface area contributed by atoms with E-state index < -0.39 is 0 Å². The Balaban J connectivity index is 1.94. The molecule has 3 aromatic rings. The molecule has 0 N–H and O–H groups in total. The average Bonchev–Trinajstić information content (AvgIpc) is 3.03. The number of fused-ring (bicyclic) bond motifs is 1. The summed E-state index contributed by atoms with van der Waals surface area (Å²) < 4.78 is 7.65. The highest BCUT2D eigenvalue weighted by molar-refractivity contribution is 6.07. The first-order valence-electron chi connectivity index (χ1n) is 7.93. The number of aromatic nitrogens is 2. The molecular weight excluding hydrogens is 288 g/mol. The Hall–Kier alpha value is -2.46. The summed E-state index contributed by atoms with van der Waals surface area (Å²) in [5.41, 5.74) is 2.96. The molecule has 2 heterocycles. The Kier molecular flexibility index (Phi) is 4.53. The predicted octanol–water partition coefficient (Wildman–Crippen LogP) is 4.05. The molecule has 1 aromatic carbocycles. The van der Waals surface area contributed by atoms with E-state index in [0.29, 0.717) is 17.9 Å². The molecule has 0 saturated heterocycles. The average molecular weight is 308 g/mol. The molecule has 1 unspecified atom stereocenters. The second-order valence-corrected chi connectivity index (χ2v) is 5.40. The zero-order valence-corrected chi connectivity index (χ0v) is 13.4. The van der Waals surface area contributed by atoms with Gasteiger partial charge in [0.25, 0.3) is 0 Å². The second kappa shape index (κ2) is 6.75. The molecule has 0 radical (unpaired) electrons. The molecule has 23 heavy (non-hydrogen) atoms. The van der Waals surface area contributed by atoms with Crippen molar-refractivity contribution in [2.75, 3.05) is 6.61 Å². The van der Waals surface area contributed by atoms with E-state index in [1.165, 1.54) is 0 Å². The number of carbonyl (C=O) groups is 1. The van der Waals surface area contributed by atoms with Gasteiger partial charge >= 0.3 is 0 Å². The molecule has 118 valence electrons. The Bertz CT molecular complexity index is 809. The minimum absolute atomic E-state index is 0.0623. The number of pyridine rings is 1. The van der Waals surface area contributed by atoms with Crippen molar-refractivity contribution in [3.63, 3.8) is 0 Å². The number of hydrogen-bond acceptors (Lipinski definition) is 3. The van der Waals surface area contributed by atoms with Crippen molar-refractivity contribution in [3.8, 4) is 0 Å². The van der Waals surface area contributed by atoms with Crippen LogP contribution >= 0.6 is 0 Å². The standard InChI is InChI=1S/C19H20N2O2/c1-3-17(23-4-2)15-10-11-18-20-16(13-21(18)12-15)19(22)14-8-6-5-7-9-14/h5-13,17H,3-4H2,1-2H3. The van der Waals surface area contributed by atoms with Crippen molar-refractivity contribution in [1.29, 1.82) is 0 Å². The first-order chi connectivity index (χ1) is 11.2. The van der Waals surface area contributed by atoms with E-state index in [9.17, 15) is 4.79 Å². The van der Waals surface area contributed by atoms with Crippen LogP contribution in [0.5, 0.6) is 0 Å². The van der Waals surface area contributed by atoms with Crippen LogP contribution in [0.25, 0.3) is 5.65 Å². The molecule has 0 amide bonds. The Morgan fingerprint density at radius 1 is 1.13 bits per heavy atom. The van der Waals surface area contributed by atoms with E-state index >= 15 is 0 Å². The second-order valence-electron chi connectivity index (χ2n) is 5.40. The van der Waals surface area contributed by atoms with Crippen LogP contribution in [0.3, 0.4) is 0 Å². The molecule has 0 fully saturated rings. The normalized spacial score (nSPS) is 12.4. The summed E-state index contributed by atoms with van der Waals surface area (Å²) in [4.78, 5) is 16.9. The summed E-state index contributed by atoms with van der Waals surface area (Å²) in [6.07, 6.45) is 4.75. The molecule has 2 aromatic heterocycles. The van der Waals surface area contributed by atoms with E-state index in [1.54, 1.807) is 18.3 Å². The third kappa shape index (κ3) is 3.17. The highest BCUT2D eigenvalue weighted by atomic mass is 16.5. The van der Waals surface area contributed by atoms with Crippen LogP contribution in [0.2, 0.25) is 0 Å². The fourth-order valence-electron chi connectivity index (χ4n) is 2.70. The first kappa shape index (κ1) is 15.4. The lowest BCUT2D eigenvalue weighted by atomic mass is 10.1. The van der Waals surface area contributed by atoms with Crippen LogP contribution in [-0.2, 0) is 4.74 Å². The molecule has 4 heteroatoms. The predicted molar refractivity (Wildman–Crippen MR) is 89.7 cm³/mol. The van der Waals surface area contributed by atoms with E-state index in [1.807, 2.05) is 47.9 Å². The minimum Gasteiger partial charge on any atom is -0.374 e. The number of imidazole rings is 1. The first-order valence-corrected chi connectivity index (χ1v) is 7.93. The number of nitrogens with zero attached hydrogens (tertiary/aromatic N) is 2. The van der Waals surface area contributed by atoms with Crippen molar-refractivity contribution in [1.82, 2.24) is 9.38 Å². The van der Waals surface area contributed by atoms with Crippen LogP contribution in [0.1, 0.15) is 48.0 Å². The number of hydrogen-bond donors (Lipinski definition) is 0. The topological polar surface area (TPSA) is 43.6 Å². The van der Waals surface area contributed by atoms with Gasteiger partial charge in [-0.25, -0.2) is 4.98 Å². The van der Waals surface area contributed by atoms with Gasteiger partial charge in [-0.05, 0) is 25.0 Å². The zero-order valence-electron chi connectivity index (χ0n) is 13.4. The molecule has 0 aliphatic rings. The van der Waals surface area contributed by atoms with Gasteiger partial charge in [0.05, 0.1) is 6.10 Å². The van der Waals surface area contributed by atoms with Gasteiger partial charge in [-0.3, -0.25) is 4.79 Å². The smallest absolute Gasteiger partial charge is 0.212 e. The molecule has 0 aliphatic heterocycles. The monoisotopic (exact) mass is 308 g/mol. The lowest BCUT2D eigenvalue weighted by Crippen LogP contribution is -2.04. The van der Waals surface area contributed by atoms with Crippen molar-refractivity contribution < 1.29 is 9.53 Å². The van der Waals surface area contributed by atoms with E-state index in [4.69, 9.17) is 4.74 Å². The largest absolute Gasteiger partial charge is 0.374 e. The molecule has 0 saturated carbocycles. The number of benzene rings is 1. The quantitative estimate of drug-likeness (QED) is 0.645. The van der Waals surface area contributed by atoms with Crippen molar-refractivity contribution >= 4 is 11.4 Å². The summed E-state index contributed by atoms with van der Waals surface area (Å²) in [5, 5.41) is 0. The van der Waals surface area contributed by atoms with E-state index in [0.717, 1.165) is 17.6 Å². The van der Waals surface area contributed by atoms with Gasteiger partial charge < -0.3 is 9.14 Å². The van der Waals surface area contributed by atoms with Crippen LogP contribution in [0.4, 0.5) is 0 Å². The Labute approximate surface area is 135 Å². The van der Waals surface area contributed by atoms with Crippen molar-refractivity contribution in [3.05, 3.63) is 71.7 Å². The summed E-state index contributed by atoms with van der Waals surface area (Å²) >= 11 is 0. The number of carbonyl (C=O) groups excluding carboxylic acids is 1. The highest BCUT2D eigenvalue weighted by Crippen LogP contribution is 2.22. The molecule has 0 bridgehead atoms. The number of rotatable bonds is 6. The summed E-state index contributed by atoms with van der Waals surface area (Å²) in [7, 11) is 0. The van der Waals surface area contributed by atoms with Crippen LogP contribution < -0.4 is 0 Å². The van der Waals surface area contributed by atoms with Crippen molar-refractivity contribution in [2.45, 2.75) is 26.4 Å². The fraction of sp³-hybridized carbons (Fsp3) is 0.263. The maximum absolute atomic E-state index is 12.5. The highest BCUT2D eigenvalue weighted by Gasteiger charge is 2.15. The zero-order chi connectivity index (χ0) is 16.2. The summed E-state index contributed by atoms with van der Waals surface area (Å²) in [6, 6.07) is 13.2.